The molecule has 0 saturated carbocycles. The number of ether oxygens (including phenoxy) is 2. The number of amides is 1. The van der Waals surface area contributed by atoms with E-state index >= 15 is 0 Å². The first kappa shape index (κ1) is 15.3. The number of nitrogens with zero attached hydrogens (tertiary/aromatic N) is 1. The summed E-state index contributed by atoms with van der Waals surface area (Å²) in [6, 6.07) is 11.3. The van der Waals surface area contributed by atoms with Gasteiger partial charge in [0.05, 0.1) is 7.11 Å². The smallest absolute Gasteiger partial charge is 0.273 e. The fourth-order valence-electron chi connectivity index (χ4n) is 1.77. The quantitative estimate of drug-likeness (QED) is 0.842. The van der Waals surface area contributed by atoms with Gasteiger partial charge in [-0.3, -0.25) is 4.79 Å². The van der Waals surface area contributed by atoms with E-state index in [0.29, 0.717) is 22.7 Å². The van der Waals surface area contributed by atoms with E-state index in [-0.39, 0.29) is 11.6 Å². The molecule has 1 N–H and O–H groups in total. The van der Waals surface area contributed by atoms with Gasteiger partial charge in [0.2, 0.25) is 0 Å². The van der Waals surface area contributed by atoms with Crippen molar-refractivity contribution in [3.8, 4) is 11.5 Å². The van der Waals surface area contributed by atoms with Crippen LogP contribution in [0.4, 0.5) is 0 Å². The number of pyridine rings is 1. The fourth-order valence-corrected chi connectivity index (χ4v) is 2.16. The summed E-state index contributed by atoms with van der Waals surface area (Å²) in [5.74, 6) is 0.438. The summed E-state index contributed by atoms with van der Waals surface area (Å²) in [7, 11) is 3.06. The van der Waals surface area contributed by atoms with E-state index < -0.39 is 0 Å². The van der Waals surface area contributed by atoms with Crippen LogP contribution in [0.15, 0.2) is 41.0 Å². The zero-order chi connectivity index (χ0) is 15.2. The molecular weight excluding hydrogens is 336 g/mol. The Balaban J connectivity index is 2.33. The third kappa shape index (κ3) is 3.72. The van der Waals surface area contributed by atoms with Gasteiger partial charge >= 0.3 is 0 Å². The van der Waals surface area contributed by atoms with Crippen LogP contribution in [0.1, 0.15) is 16.1 Å². The molecular formula is C15H15BrN2O3. The van der Waals surface area contributed by atoms with E-state index in [0.717, 1.165) is 5.56 Å². The van der Waals surface area contributed by atoms with Crippen LogP contribution in [-0.2, 0) is 6.61 Å². The maximum atomic E-state index is 11.9. The number of carbonyl (C=O) groups is 1. The number of hydrogen-bond donors (Lipinski definition) is 1. The molecule has 0 fully saturated rings. The third-order valence-corrected chi connectivity index (χ3v) is 3.20. The minimum absolute atomic E-state index is 0.180. The van der Waals surface area contributed by atoms with Crippen molar-refractivity contribution in [2.75, 3.05) is 14.2 Å². The topological polar surface area (TPSA) is 60.5 Å². The van der Waals surface area contributed by atoms with E-state index in [4.69, 9.17) is 9.47 Å². The minimum Gasteiger partial charge on any atom is -0.493 e. The Labute approximate surface area is 131 Å². The molecule has 1 aromatic heterocycles. The highest BCUT2D eigenvalue weighted by Crippen LogP contribution is 2.33. The van der Waals surface area contributed by atoms with Gasteiger partial charge in [0.25, 0.3) is 5.91 Å². The number of nitrogens with one attached hydrogen (secondary N) is 1. The number of carbonyl (C=O) groups excluding carboxylic acids is 1. The molecule has 1 amide bonds. The van der Waals surface area contributed by atoms with Crippen molar-refractivity contribution in [3.63, 3.8) is 0 Å². The summed E-state index contributed by atoms with van der Waals surface area (Å²) in [5.41, 5.74) is 1.17. The van der Waals surface area contributed by atoms with Gasteiger partial charge in [0.15, 0.2) is 17.2 Å². The van der Waals surface area contributed by atoms with Crippen LogP contribution in [0.3, 0.4) is 0 Å². The third-order valence-electron chi connectivity index (χ3n) is 2.80. The highest BCUT2D eigenvalue weighted by atomic mass is 79.9. The fraction of sp³-hybridized carbons (Fsp3) is 0.200. The van der Waals surface area contributed by atoms with Gasteiger partial charge in [0, 0.05) is 13.1 Å². The first-order chi connectivity index (χ1) is 10.2. The summed E-state index contributed by atoms with van der Waals surface area (Å²) in [6.07, 6.45) is 0. The van der Waals surface area contributed by atoms with Crippen molar-refractivity contribution >= 4 is 21.8 Å². The van der Waals surface area contributed by atoms with E-state index in [2.05, 4.69) is 26.2 Å². The lowest BCUT2D eigenvalue weighted by atomic mass is 10.2. The maximum Gasteiger partial charge on any atom is 0.273 e. The van der Waals surface area contributed by atoms with Gasteiger partial charge in [-0.1, -0.05) is 30.3 Å². The van der Waals surface area contributed by atoms with Crippen LogP contribution < -0.4 is 14.8 Å². The van der Waals surface area contributed by atoms with Gasteiger partial charge in [-0.2, -0.15) is 0 Å². The molecule has 0 aliphatic rings. The molecule has 0 atom stereocenters. The average molecular weight is 351 g/mol. The lowest BCUT2D eigenvalue weighted by molar-refractivity contribution is 0.0952. The summed E-state index contributed by atoms with van der Waals surface area (Å²) in [5, 5.41) is 2.54. The van der Waals surface area contributed by atoms with Gasteiger partial charge < -0.3 is 14.8 Å². The van der Waals surface area contributed by atoms with Gasteiger partial charge in [-0.15, -0.1) is 0 Å². The van der Waals surface area contributed by atoms with E-state index in [1.54, 1.807) is 13.1 Å². The predicted molar refractivity (Wildman–Crippen MR) is 82.7 cm³/mol. The Morgan fingerprint density at radius 2 is 2.05 bits per heavy atom. The highest BCUT2D eigenvalue weighted by Gasteiger charge is 2.20. The van der Waals surface area contributed by atoms with Crippen LogP contribution in [0, 0.1) is 0 Å². The molecule has 2 aromatic rings. The molecule has 110 valence electrons. The van der Waals surface area contributed by atoms with Crippen molar-refractivity contribution in [1.29, 1.82) is 0 Å². The lowest BCUT2D eigenvalue weighted by Crippen LogP contribution is -2.21. The van der Waals surface area contributed by atoms with Crippen LogP contribution in [0.2, 0.25) is 0 Å². The van der Waals surface area contributed by atoms with Crippen LogP contribution >= 0.6 is 15.9 Å². The van der Waals surface area contributed by atoms with Gasteiger partial charge in [-0.05, 0) is 21.5 Å². The Bertz CT molecular complexity index is 632. The van der Waals surface area contributed by atoms with Crippen LogP contribution in [0.25, 0.3) is 0 Å². The molecule has 2 rings (SSSR count). The summed E-state index contributed by atoms with van der Waals surface area (Å²) in [4.78, 5) is 16.1. The Morgan fingerprint density at radius 3 is 2.67 bits per heavy atom. The SMILES string of the molecule is CNC(=O)c1nc(Br)cc(OC)c1OCc1ccccc1. The van der Waals surface area contributed by atoms with Crippen molar-refractivity contribution in [2.45, 2.75) is 6.61 Å². The molecule has 0 aliphatic heterocycles. The molecule has 5 nitrogen and oxygen atoms in total. The number of halogens is 1. The second kappa shape index (κ2) is 7.08. The summed E-state index contributed by atoms with van der Waals surface area (Å²) in [6.45, 7) is 0.324. The molecule has 0 radical (unpaired) electrons. The van der Waals surface area contributed by atoms with E-state index in [1.165, 1.54) is 7.11 Å². The number of hydrogen-bond acceptors (Lipinski definition) is 4. The molecule has 0 unspecified atom stereocenters. The summed E-state index contributed by atoms with van der Waals surface area (Å²) < 4.78 is 11.5. The summed E-state index contributed by atoms with van der Waals surface area (Å²) >= 11 is 3.25. The normalized spacial score (nSPS) is 10.0. The predicted octanol–water partition coefficient (Wildman–Crippen LogP) is 2.79. The van der Waals surface area contributed by atoms with Crippen LogP contribution in [0.5, 0.6) is 11.5 Å². The molecule has 0 spiro atoms. The van der Waals surface area contributed by atoms with Crippen molar-refractivity contribution in [3.05, 3.63) is 52.3 Å². The number of benzene rings is 1. The van der Waals surface area contributed by atoms with Gasteiger partial charge in [0.1, 0.15) is 11.2 Å². The molecule has 0 bridgehead atoms. The minimum atomic E-state index is -0.335. The second-order valence-electron chi connectivity index (χ2n) is 4.18. The number of rotatable bonds is 5. The first-order valence-corrected chi connectivity index (χ1v) is 7.08. The Hall–Kier alpha value is -2.08. The molecule has 1 heterocycles. The molecule has 1 aromatic carbocycles. The number of aromatic nitrogens is 1. The maximum absolute atomic E-state index is 11.9. The monoisotopic (exact) mass is 350 g/mol. The first-order valence-electron chi connectivity index (χ1n) is 6.29. The highest BCUT2D eigenvalue weighted by molar-refractivity contribution is 9.10. The molecule has 0 aliphatic carbocycles. The van der Waals surface area contributed by atoms with E-state index in [1.807, 2.05) is 30.3 Å². The Morgan fingerprint density at radius 1 is 1.33 bits per heavy atom. The zero-order valence-corrected chi connectivity index (χ0v) is 13.3. The van der Waals surface area contributed by atoms with Crippen molar-refractivity contribution in [2.24, 2.45) is 0 Å². The van der Waals surface area contributed by atoms with Gasteiger partial charge in [-0.25, -0.2) is 4.98 Å². The standard InChI is InChI=1S/C15H15BrN2O3/c1-17-15(19)13-14(11(20-2)8-12(16)18-13)21-9-10-6-4-3-5-7-10/h3-8H,9H2,1-2H3,(H,17,19). The van der Waals surface area contributed by atoms with Crippen molar-refractivity contribution < 1.29 is 14.3 Å². The lowest BCUT2D eigenvalue weighted by Gasteiger charge is -2.14. The molecule has 21 heavy (non-hydrogen) atoms. The molecule has 0 saturated heterocycles. The van der Waals surface area contributed by atoms with Crippen LogP contribution in [-0.4, -0.2) is 25.0 Å². The second-order valence-corrected chi connectivity index (χ2v) is 4.99. The molecule has 6 heteroatoms. The largest absolute Gasteiger partial charge is 0.493 e. The zero-order valence-electron chi connectivity index (χ0n) is 11.7. The number of methoxy groups -OCH3 is 1. The average Bonchev–Trinajstić information content (AvgIpc) is 2.53. The van der Waals surface area contributed by atoms with Crippen molar-refractivity contribution in [1.82, 2.24) is 10.3 Å². The Kier molecular flexibility index (Phi) is 5.16. The van der Waals surface area contributed by atoms with E-state index in [9.17, 15) is 4.79 Å².